The Hall–Kier alpha value is -2.69. The molecule has 0 aliphatic carbocycles. The molecule has 5 nitrogen and oxygen atoms in total. The van der Waals surface area contributed by atoms with Gasteiger partial charge in [-0.25, -0.2) is 0 Å². The number of nitrogens with zero attached hydrogens (tertiary/aromatic N) is 2. The number of carbonyl (C=O) groups excluding carboxylic acids is 1. The van der Waals surface area contributed by atoms with Crippen molar-refractivity contribution in [2.75, 3.05) is 43.9 Å². The van der Waals surface area contributed by atoms with Crippen molar-refractivity contribution in [1.29, 1.82) is 0 Å². The van der Waals surface area contributed by atoms with Crippen LogP contribution < -0.4 is 15.4 Å². The van der Waals surface area contributed by atoms with Gasteiger partial charge in [-0.15, -0.1) is 0 Å². The summed E-state index contributed by atoms with van der Waals surface area (Å²) in [6.07, 6.45) is 0.433. The number of carbonyl (C=O) groups is 1. The van der Waals surface area contributed by atoms with Crippen LogP contribution in [0.15, 0.2) is 48.5 Å². The lowest BCUT2D eigenvalue weighted by molar-refractivity contribution is -0.130. The van der Waals surface area contributed by atoms with Crippen molar-refractivity contribution in [2.45, 2.75) is 6.42 Å². The van der Waals surface area contributed by atoms with Crippen molar-refractivity contribution in [3.63, 3.8) is 0 Å². The Morgan fingerprint density at radius 1 is 1.00 bits per heavy atom. The average molecular weight is 325 g/mol. The molecule has 0 bridgehead atoms. The molecule has 2 aromatic rings. The second-order valence-electron chi connectivity index (χ2n) is 5.98. The number of nitrogens with two attached hydrogens (primary N) is 1. The molecule has 126 valence electrons. The Kier molecular flexibility index (Phi) is 4.89. The zero-order valence-corrected chi connectivity index (χ0v) is 13.9. The van der Waals surface area contributed by atoms with Gasteiger partial charge in [0.15, 0.2) is 0 Å². The summed E-state index contributed by atoms with van der Waals surface area (Å²) >= 11 is 0. The molecule has 1 amide bonds. The standard InChI is InChI=1S/C19H23N3O2/c1-24-18-8-6-17(7-9-18)21-10-12-22(13-11-21)19(23)14-15-2-4-16(20)5-3-15/h2-9H,10-14,20H2,1H3. The number of hydrogen-bond donors (Lipinski definition) is 1. The Morgan fingerprint density at radius 3 is 2.21 bits per heavy atom. The van der Waals surface area contributed by atoms with Crippen LogP contribution in [0, 0.1) is 0 Å². The molecular formula is C19H23N3O2. The molecule has 0 saturated carbocycles. The number of piperazine rings is 1. The van der Waals surface area contributed by atoms with E-state index in [0.717, 1.165) is 43.2 Å². The van der Waals surface area contributed by atoms with E-state index in [9.17, 15) is 4.79 Å². The smallest absolute Gasteiger partial charge is 0.227 e. The highest BCUT2D eigenvalue weighted by molar-refractivity contribution is 5.79. The molecule has 0 spiro atoms. The van der Waals surface area contributed by atoms with Gasteiger partial charge in [-0.3, -0.25) is 4.79 Å². The Balaban J connectivity index is 1.54. The number of anilines is 2. The minimum absolute atomic E-state index is 0.175. The van der Waals surface area contributed by atoms with Crippen molar-refractivity contribution in [3.8, 4) is 5.75 Å². The molecule has 1 fully saturated rings. The van der Waals surface area contributed by atoms with Crippen molar-refractivity contribution in [3.05, 3.63) is 54.1 Å². The summed E-state index contributed by atoms with van der Waals surface area (Å²) in [5, 5.41) is 0. The maximum atomic E-state index is 12.4. The summed E-state index contributed by atoms with van der Waals surface area (Å²) in [6, 6.07) is 15.6. The normalized spacial score (nSPS) is 14.5. The van der Waals surface area contributed by atoms with E-state index in [0.29, 0.717) is 6.42 Å². The van der Waals surface area contributed by atoms with Gasteiger partial charge in [0.05, 0.1) is 13.5 Å². The van der Waals surface area contributed by atoms with Crippen molar-refractivity contribution >= 4 is 17.3 Å². The molecular weight excluding hydrogens is 302 g/mol. The first-order chi connectivity index (χ1) is 11.7. The van der Waals surface area contributed by atoms with Gasteiger partial charge < -0.3 is 20.3 Å². The monoisotopic (exact) mass is 325 g/mol. The highest BCUT2D eigenvalue weighted by Gasteiger charge is 2.21. The van der Waals surface area contributed by atoms with Crippen LogP contribution >= 0.6 is 0 Å². The van der Waals surface area contributed by atoms with Gasteiger partial charge in [0, 0.05) is 37.6 Å². The van der Waals surface area contributed by atoms with E-state index in [1.54, 1.807) is 7.11 Å². The molecule has 2 aromatic carbocycles. The van der Waals surface area contributed by atoms with Crippen molar-refractivity contribution < 1.29 is 9.53 Å². The molecule has 0 aromatic heterocycles. The molecule has 1 saturated heterocycles. The zero-order valence-electron chi connectivity index (χ0n) is 13.9. The summed E-state index contributed by atoms with van der Waals surface area (Å²) < 4.78 is 5.19. The largest absolute Gasteiger partial charge is 0.497 e. The van der Waals surface area contributed by atoms with Gasteiger partial charge in [-0.2, -0.15) is 0 Å². The molecule has 1 aliphatic rings. The quantitative estimate of drug-likeness (QED) is 0.875. The maximum Gasteiger partial charge on any atom is 0.227 e. The summed E-state index contributed by atoms with van der Waals surface area (Å²) in [6.45, 7) is 3.19. The highest BCUT2D eigenvalue weighted by atomic mass is 16.5. The third-order valence-corrected chi connectivity index (χ3v) is 4.41. The van der Waals surface area contributed by atoms with Crippen molar-refractivity contribution in [2.24, 2.45) is 0 Å². The first-order valence-corrected chi connectivity index (χ1v) is 8.17. The Labute approximate surface area is 142 Å². The number of nitrogen functional groups attached to an aromatic ring is 1. The summed E-state index contributed by atoms with van der Waals surface area (Å²) in [5.74, 6) is 1.03. The molecule has 0 atom stereocenters. The van der Waals surface area contributed by atoms with E-state index < -0.39 is 0 Å². The molecule has 0 unspecified atom stereocenters. The van der Waals surface area contributed by atoms with Gasteiger partial charge in [0.1, 0.15) is 5.75 Å². The number of rotatable bonds is 4. The number of hydrogen-bond acceptors (Lipinski definition) is 4. The predicted octanol–water partition coefficient (Wildman–Crippen LogP) is 2.17. The maximum absolute atomic E-state index is 12.4. The average Bonchev–Trinajstić information content (AvgIpc) is 2.64. The van der Waals surface area contributed by atoms with Gasteiger partial charge in [-0.1, -0.05) is 12.1 Å². The van der Waals surface area contributed by atoms with E-state index in [1.165, 1.54) is 5.69 Å². The topological polar surface area (TPSA) is 58.8 Å². The van der Waals surface area contributed by atoms with Gasteiger partial charge in [-0.05, 0) is 42.0 Å². The van der Waals surface area contributed by atoms with Crippen molar-refractivity contribution in [1.82, 2.24) is 4.90 Å². The third kappa shape index (κ3) is 3.79. The van der Waals surface area contributed by atoms with Crippen LogP contribution in [-0.2, 0) is 11.2 Å². The molecule has 2 N–H and O–H groups in total. The zero-order chi connectivity index (χ0) is 16.9. The predicted molar refractivity (Wildman–Crippen MR) is 96.3 cm³/mol. The van der Waals surface area contributed by atoms with E-state index in [1.807, 2.05) is 41.3 Å². The van der Waals surface area contributed by atoms with Crippen LogP contribution in [0.25, 0.3) is 0 Å². The second-order valence-corrected chi connectivity index (χ2v) is 5.98. The molecule has 3 rings (SSSR count). The number of methoxy groups -OCH3 is 1. The van der Waals surface area contributed by atoms with E-state index in [2.05, 4.69) is 17.0 Å². The lowest BCUT2D eigenvalue weighted by Gasteiger charge is -2.36. The van der Waals surface area contributed by atoms with E-state index in [4.69, 9.17) is 10.5 Å². The summed E-state index contributed by atoms with van der Waals surface area (Å²) in [4.78, 5) is 16.7. The third-order valence-electron chi connectivity index (χ3n) is 4.41. The van der Waals surface area contributed by atoms with Gasteiger partial charge in [0.25, 0.3) is 0 Å². The minimum atomic E-state index is 0.175. The Morgan fingerprint density at radius 2 is 1.62 bits per heavy atom. The fourth-order valence-electron chi connectivity index (χ4n) is 2.93. The molecule has 0 radical (unpaired) electrons. The van der Waals surface area contributed by atoms with E-state index >= 15 is 0 Å². The van der Waals surface area contributed by atoms with Gasteiger partial charge >= 0.3 is 0 Å². The first kappa shape index (κ1) is 16.2. The first-order valence-electron chi connectivity index (χ1n) is 8.17. The van der Waals surface area contributed by atoms with Crippen LogP contribution in [0.5, 0.6) is 5.75 Å². The Bertz CT molecular complexity index is 675. The fraction of sp³-hybridized carbons (Fsp3) is 0.316. The SMILES string of the molecule is COc1ccc(N2CCN(C(=O)Cc3ccc(N)cc3)CC2)cc1. The lowest BCUT2D eigenvalue weighted by atomic mass is 10.1. The summed E-state index contributed by atoms with van der Waals surface area (Å²) in [7, 11) is 1.67. The van der Waals surface area contributed by atoms with Gasteiger partial charge in [0.2, 0.25) is 5.91 Å². The van der Waals surface area contributed by atoms with E-state index in [-0.39, 0.29) is 5.91 Å². The van der Waals surface area contributed by atoms with Crippen LogP contribution in [0.3, 0.4) is 0 Å². The molecule has 1 heterocycles. The number of amides is 1. The number of ether oxygens (including phenoxy) is 1. The molecule has 5 heteroatoms. The number of benzene rings is 2. The fourth-order valence-corrected chi connectivity index (χ4v) is 2.93. The van der Waals surface area contributed by atoms with Crippen LogP contribution in [0.4, 0.5) is 11.4 Å². The lowest BCUT2D eigenvalue weighted by Crippen LogP contribution is -2.49. The second kappa shape index (κ2) is 7.25. The molecule has 1 aliphatic heterocycles. The highest BCUT2D eigenvalue weighted by Crippen LogP contribution is 2.20. The van der Waals surface area contributed by atoms with Crippen LogP contribution in [-0.4, -0.2) is 44.1 Å². The summed E-state index contributed by atoms with van der Waals surface area (Å²) in [5.41, 5.74) is 8.58. The minimum Gasteiger partial charge on any atom is -0.497 e. The van der Waals surface area contributed by atoms with Crippen LogP contribution in [0.2, 0.25) is 0 Å². The van der Waals surface area contributed by atoms with Crippen LogP contribution in [0.1, 0.15) is 5.56 Å². The molecule has 24 heavy (non-hydrogen) atoms.